The van der Waals surface area contributed by atoms with Gasteiger partial charge in [-0.1, -0.05) is 23.8 Å². The number of carbonyl (C=O) groups is 1. The van der Waals surface area contributed by atoms with Gasteiger partial charge in [-0.3, -0.25) is 14.5 Å². The van der Waals surface area contributed by atoms with E-state index in [4.69, 9.17) is 17.0 Å². The summed E-state index contributed by atoms with van der Waals surface area (Å²) in [7, 11) is 0. The molecule has 1 fully saturated rings. The third kappa shape index (κ3) is 4.00. The van der Waals surface area contributed by atoms with Crippen molar-refractivity contribution in [3.8, 4) is 17.5 Å². The molecule has 136 valence electrons. The number of ether oxygens (including phenoxy) is 1. The lowest BCUT2D eigenvalue weighted by atomic mass is 9.91. The van der Waals surface area contributed by atoms with Gasteiger partial charge in [-0.15, -0.1) is 0 Å². The van der Waals surface area contributed by atoms with Gasteiger partial charge in [0, 0.05) is 44.6 Å². The van der Waals surface area contributed by atoms with E-state index in [1.54, 1.807) is 0 Å². The highest BCUT2D eigenvalue weighted by molar-refractivity contribution is 7.71. The molecule has 1 aromatic carbocycles. The van der Waals surface area contributed by atoms with E-state index in [0.717, 1.165) is 11.1 Å². The van der Waals surface area contributed by atoms with Crippen molar-refractivity contribution in [1.29, 1.82) is 5.26 Å². The number of nitrogens with one attached hydrogen (secondary N) is 2. The number of rotatable bonds is 5. The van der Waals surface area contributed by atoms with Crippen molar-refractivity contribution in [1.82, 2.24) is 20.1 Å². The van der Waals surface area contributed by atoms with Crippen LogP contribution in [0.3, 0.4) is 0 Å². The second-order valence-electron chi connectivity index (χ2n) is 6.48. The SMILES string of the molecule is Cc1cccc(-c2n[nH]c(=S)n2CCC(=O)NC2(C#N)CCOCC2)c1. The molecule has 8 heteroatoms. The quantitative estimate of drug-likeness (QED) is 0.787. The Bertz CT molecular complexity index is 889. The van der Waals surface area contributed by atoms with Gasteiger partial charge in [-0.05, 0) is 25.2 Å². The van der Waals surface area contributed by atoms with Gasteiger partial charge in [0.15, 0.2) is 10.6 Å². The number of amides is 1. The first kappa shape index (κ1) is 18.3. The van der Waals surface area contributed by atoms with Gasteiger partial charge in [-0.2, -0.15) is 10.4 Å². The fourth-order valence-corrected chi connectivity index (χ4v) is 3.28. The van der Waals surface area contributed by atoms with Crippen molar-refractivity contribution >= 4 is 18.1 Å². The second-order valence-corrected chi connectivity index (χ2v) is 6.86. The largest absolute Gasteiger partial charge is 0.381 e. The van der Waals surface area contributed by atoms with Crippen molar-refractivity contribution in [2.45, 2.75) is 38.3 Å². The molecule has 0 saturated carbocycles. The Morgan fingerprint density at radius 2 is 2.27 bits per heavy atom. The molecule has 0 unspecified atom stereocenters. The topological polar surface area (TPSA) is 95.7 Å². The number of benzene rings is 1. The molecule has 26 heavy (non-hydrogen) atoms. The molecule has 0 radical (unpaired) electrons. The van der Waals surface area contributed by atoms with Crippen molar-refractivity contribution in [3.05, 3.63) is 34.6 Å². The van der Waals surface area contributed by atoms with Gasteiger partial charge in [0.05, 0.1) is 6.07 Å². The molecular formula is C18H21N5O2S. The number of hydrogen-bond acceptors (Lipinski definition) is 5. The number of nitrogens with zero attached hydrogens (tertiary/aromatic N) is 3. The van der Waals surface area contributed by atoms with Crippen molar-refractivity contribution in [3.63, 3.8) is 0 Å². The predicted octanol–water partition coefficient (Wildman–Crippen LogP) is 2.50. The first-order chi connectivity index (χ1) is 12.5. The van der Waals surface area contributed by atoms with Gasteiger partial charge in [-0.25, -0.2) is 0 Å². The second kappa shape index (κ2) is 7.81. The normalized spacial score (nSPS) is 16.0. The molecule has 1 amide bonds. The van der Waals surface area contributed by atoms with Gasteiger partial charge in [0.1, 0.15) is 5.54 Å². The Hall–Kier alpha value is -2.50. The number of aryl methyl sites for hydroxylation is 1. The van der Waals surface area contributed by atoms with Crippen LogP contribution in [0, 0.1) is 23.0 Å². The van der Waals surface area contributed by atoms with Crippen molar-refractivity contribution in [2.75, 3.05) is 13.2 Å². The highest BCUT2D eigenvalue weighted by Crippen LogP contribution is 2.21. The third-order valence-electron chi connectivity index (χ3n) is 4.54. The molecule has 2 aromatic rings. The lowest BCUT2D eigenvalue weighted by molar-refractivity contribution is -0.123. The lowest BCUT2D eigenvalue weighted by Crippen LogP contribution is -2.51. The maximum Gasteiger partial charge on any atom is 0.223 e. The van der Waals surface area contributed by atoms with E-state index in [1.165, 1.54) is 0 Å². The summed E-state index contributed by atoms with van der Waals surface area (Å²) in [5.41, 5.74) is 1.24. The minimum atomic E-state index is -0.827. The third-order valence-corrected chi connectivity index (χ3v) is 4.85. The van der Waals surface area contributed by atoms with E-state index in [1.807, 2.05) is 35.8 Å². The maximum absolute atomic E-state index is 12.4. The first-order valence-electron chi connectivity index (χ1n) is 8.55. The van der Waals surface area contributed by atoms with E-state index in [9.17, 15) is 10.1 Å². The Kier molecular flexibility index (Phi) is 5.49. The van der Waals surface area contributed by atoms with Crippen LogP contribution >= 0.6 is 12.2 Å². The summed E-state index contributed by atoms with van der Waals surface area (Å²) in [6, 6.07) is 10.2. The van der Waals surface area contributed by atoms with E-state index in [2.05, 4.69) is 21.6 Å². The fourth-order valence-electron chi connectivity index (χ4n) is 3.06. The van der Waals surface area contributed by atoms with Gasteiger partial charge >= 0.3 is 0 Å². The molecule has 0 bridgehead atoms. The Morgan fingerprint density at radius 1 is 1.50 bits per heavy atom. The minimum Gasteiger partial charge on any atom is -0.381 e. The minimum absolute atomic E-state index is 0.174. The summed E-state index contributed by atoms with van der Waals surface area (Å²) in [6.45, 7) is 3.37. The number of hydrogen-bond donors (Lipinski definition) is 2. The lowest BCUT2D eigenvalue weighted by Gasteiger charge is -2.31. The standard InChI is InChI=1S/C18H21N5O2S/c1-13-3-2-4-14(11-13)16-21-22-17(26)23(16)8-5-15(24)20-18(12-19)6-9-25-10-7-18/h2-4,11H,5-10H2,1H3,(H,20,24)(H,22,26). The van der Waals surface area contributed by atoms with Crippen LogP contribution in [0.2, 0.25) is 0 Å². The van der Waals surface area contributed by atoms with Crippen LogP contribution in [0.25, 0.3) is 11.4 Å². The molecular weight excluding hydrogens is 350 g/mol. The predicted molar refractivity (Wildman–Crippen MR) is 98.7 cm³/mol. The molecule has 1 aliphatic heterocycles. The molecule has 1 saturated heterocycles. The average molecular weight is 371 g/mol. The highest BCUT2D eigenvalue weighted by atomic mass is 32.1. The van der Waals surface area contributed by atoms with Crippen molar-refractivity contribution < 1.29 is 9.53 Å². The van der Waals surface area contributed by atoms with E-state index in [-0.39, 0.29) is 12.3 Å². The van der Waals surface area contributed by atoms with Gasteiger partial charge in [0.2, 0.25) is 5.91 Å². The summed E-state index contributed by atoms with van der Waals surface area (Å²) >= 11 is 5.31. The Labute approximate surface area is 157 Å². The van der Waals surface area contributed by atoms with Crippen LogP contribution in [-0.2, 0) is 16.1 Å². The number of nitriles is 1. The van der Waals surface area contributed by atoms with Crippen molar-refractivity contribution in [2.24, 2.45) is 0 Å². The maximum atomic E-state index is 12.4. The summed E-state index contributed by atoms with van der Waals surface area (Å²) in [4.78, 5) is 12.4. The molecule has 3 rings (SSSR count). The number of H-pyrrole nitrogens is 1. The molecule has 1 aliphatic rings. The molecule has 0 aliphatic carbocycles. The Balaban J connectivity index is 1.70. The first-order valence-corrected chi connectivity index (χ1v) is 8.96. The summed E-state index contributed by atoms with van der Waals surface area (Å²) in [5.74, 6) is 0.527. The zero-order valence-corrected chi connectivity index (χ0v) is 15.4. The van der Waals surface area contributed by atoms with Gasteiger partial charge in [0.25, 0.3) is 0 Å². The fraction of sp³-hybridized carbons (Fsp3) is 0.444. The molecule has 1 aromatic heterocycles. The van der Waals surface area contributed by atoms with Crippen LogP contribution in [-0.4, -0.2) is 39.4 Å². The molecule has 0 atom stereocenters. The zero-order valence-electron chi connectivity index (χ0n) is 14.6. The Morgan fingerprint density at radius 3 is 2.96 bits per heavy atom. The monoisotopic (exact) mass is 371 g/mol. The summed E-state index contributed by atoms with van der Waals surface area (Å²) in [5, 5.41) is 19.4. The van der Waals surface area contributed by atoms with Crippen LogP contribution in [0.1, 0.15) is 24.8 Å². The van der Waals surface area contributed by atoms with Crippen LogP contribution < -0.4 is 5.32 Å². The van der Waals surface area contributed by atoms with Crippen LogP contribution in [0.15, 0.2) is 24.3 Å². The smallest absolute Gasteiger partial charge is 0.223 e. The highest BCUT2D eigenvalue weighted by Gasteiger charge is 2.34. The molecule has 7 nitrogen and oxygen atoms in total. The van der Waals surface area contributed by atoms with E-state index in [0.29, 0.717) is 43.2 Å². The molecule has 2 heterocycles. The summed E-state index contributed by atoms with van der Waals surface area (Å²) < 4.78 is 7.56. The number of aromatic amines is 1. The van der Waals surface area contributed by atoms with Gasteiger partial charge < -0.3 is 10.1 Å². The summed E-state index contributed by atoms with van der Waals surface area (Å²) in [6.07, 6.45) is 1.24. The number of aromatic nitrogens is 3. The molecule has 2 N–H and O–H groups in total. The van der Waals surface area contributed by atoms with Crippen LogP contribution in [0.4, 0.5) is 0 Å². The number of carbonyl (C=O) groups excluding carboxylic acids is 1. The molecule has 0 spiro atoms. The van der Waals surface area contributed by atoms with Crippen LogP contribution in [0.5, 0.6) is 0 Å². The van der Waals surface area contributed by atoms with E-state index < -0.39 is 5.54 Å². The average Bonchev–Trinajstić information content (AvgIpc) is 3.01. The zero-order chi connectivity index (χ0) is 18.6. The van der Waals surface area contributed by atoms with E-state index >= 15 is 0 Å².